The van der Waals surface area contributed by atoms with Crippen molar-refractivity contribution in [3.05, 3.63) is 18.0 Å². The number of rotatable bonds is 6. The second-order valence-electron chi connectivity index (χ2n) is 3.20. The molecule has 1 aromatic heterocycles. The lowest BCUT2D eigenvalue weighted by molar-refractivity contribution is 0.743. The zero-order valence-corrected chi connectivity index (χ0v) is 9.22. The molecule has 1 aromatic rings. The van der Waals surface area contributed by atoms with Gasteiger partial charge in [0.05, 0.1) is 0 Å². The van der Waals surface area contributed by atoms with E-state index in [1.165, 1.54) is 0 Å². The Hall–Kier alpha value is -0.830. The fourth-order valence-corrected chi connectivity index (χ4v) is 1.32. The first-order valence-corrected chi connectivity index (χ1v) is 5.46. The van der Waals surface area contributed by atoms with Crippen LogP contribution in [0.3, 0.4) is 0 Å². The number of hydrogen-bond acceptors (Lipinski definition) is 3. The van der Waals surface area contributed by atoms with Crippen molar-refractivity contribution >= 4 is 17.5 Å². The van der Waals surface area contributed by atoms with Crippen LogP contribution in [-0.2, 0) is 0 Å². The third-order valence-corrected chi connectivity index (χ3v) is 2.16. The third kappa shape index (κ3) is 4.42. The van der Waals surface area contributed by atoms with E-state index in [9.17, 15) is 0 Å². The highest BCUT2D eigenvalue weighted by atomic mass is 35.5. The number of nitrogens with zero attached hydrogens (tertiary/aromatic N) is 2. The minimum absolute atomic E-state index is 0.718. The summed E-state index contributed by atoms with van der Waals surface area (Å²) in [6.07, 6.45) is 5.12. The summed E-state index contributed by atoms with van der Waals surface area (Å²) in [4.78, 5) is 8.35. The molecule has 0 aliphatic rings. The number of anilines is 1. The molecule has 0 aromatic carbocycles. The van der Waals surface area contributed by atoms with E-state index in [0.717, 1.165) is 43.3 Å². The summed E-state index contributed by atoms with van der Waals surface area (Å²) < 4.78 is 0. The Morgan fingerprint density at radius 1 is 1.36 bits per heavy atom. The van der Waals surface area contributed by atoms with Gasteiger partial charge in [-0.15, -0.1) is 11.6 Å². The van der Waals surface area contributed by atoms with E-state index in [0.29, 0.717) is 0 Å². The standard InChI is InChI=1S/C10H16ClN3/c1-9-5-8-13-10(14-9)12-7-4-2-3-6-11/h5,8H,2-4,6-7H2,1H3,(H,12,13,14). The summed E-state index contributed by atoms with van der Waals surface area (Å²) in [5, 5.41) is 3.18. The van der Waals surface area contributed by atoms with Crippen LogP contribution in [0.1, 0.15) is 25.0 Å². The monoisotopic (exact) mass is 213 g/mol. The number of aromatic nitrogens is 2. The zero-order valence-electron chi connectivity index (χ0n) is 8.46. The number of alkyl halides is 1. The van der Waals surface area contributed by atoms with Crippen LogP contribution in [-0.4, -0.2) is 22.4 Å². The number of aryl methyl sites for hydroxylation is 1. The summed E-state index contributed by atoms with van der Waals surface area (Å²) in [6.45, 7) is 2.88. The normalized spacial score (nSPS) is 10.1. The van der Waals surface area contributed by atoms with Crippen LogP contribution in [0.5, 0.6) is 0 Å². The molecule has 4 heteroatoms. The van der Waals surface area contributed by atoms with Crippen LogP contribution < -0.4 is 5.32 Å². The summed E-state index contributed by atoms with van der Waals surface area (Å²) in [6, 6.07) is 1.89. The Bertz CT molecular complexity index is 265. The van der Waals surface area contributed by atoms with Crippen molar-refractivity contribution in [1.29, 1.82) is 0 Å². The molecular formula is C10H16ClN3. The Balaban J connectivity index is 2.18. The van der Waals surface area contributed by atoms with Gasteiger partial charge in [-0.25, -0.2) is 9.97 Å². The summed E-state index contributed by atoms with van der Waals surface area (Å²) in [7, 11) is 0. The van der Waals surface area contributed by atoms with Gasteiger partial charge in [-0.3, -0.25) is 0 Å². The van der Waals surface area contributed by atoms with Gasteiger partial charge in [-0.2, -0.15) is 0 Å². The third-order valence-electron chi connectivity index (χ3n) is 1.89. The molecule has 0 aliphatic carbocycles. The van der Waals surface area contributed by atoms with Crippen LogP contribution in [0, 0.1) is 6.92 Å². The molecule has 3 nitrogen and oxygen atoms in total. The quantitative estimate of drug-likeness (QED) is 0.583. The average molecular weight is 214 g/mol. The molecule has 1 rings (SSSR count). The molecular weight excluding hydrogens is 198 g/mol. The maximum absolute atomic E-state index is 5.57. The van der Waals surface area contributed by atoms with Crippen molar-refractivity contribution in [2.45, 2.75) is 26.2 Å². The Kier molecular flexibility index (Phi) is 5.30. The Labute approximate surface area is 89.9 Å². The second-order valence-corrected chi connectivity index (χ2v) is 3.58. The van der Waals surface area contributed by atoms with Gasteiger partial charge in [-0.05, 0) is 25.8 Å². The van der Waals surface area contributed by atoms with Crippen molar-refractivity contribution in [2.24, 2.45) is 0 Å². The van der Waals surface area contributed by atoms with Gasteiger partial charge in [0.1, 0.15) is 0 Å². The van der Waals surface area contributed by atoms with E-state index in [-0.39, 0.29) is 0 Å². The molecule has 0 amide bonds. The van der Waals surface area contributed by atoms with Crippen molar-refractivity contribution in [3.63, 3.8) is 0 Å². The first kappa shape index (κ1) is 11.2. The highest BCUT2D eigenvalue weighted by Crippen LogP contribution is 2.01. The molecule has 0 saturated heterocycles. The molecule has 0 radical (unpaired) electrons. The average Bonchev–Trinajstić information content (AvgIpc) is 2.18. The van der Waals surface area contributed by atoms with Crippen molar-refractivity contribution in [2.75, 3.05) is 17.7 Å². The van der Waals surface area contributed by atoms with E-state index in [1.54, 1.807) is 6.20 Å². The van der Waals surface area contributed by atoms with Gasteiger partial charge < -0.3 is 5.32 Å². The second kappa shape index (κ2) is 6.60. The molecule has 0 saturated carbocycles. The fraction of sp³-hybridized carbons (Fsp3) is 0.600. The molecule has 0 spiro atoms. The molecule has 1 heterocycles. The first-order valence-electron chi connectivity index (χ1n) is 4.92. The Morgan fingerprint density at radius 3 is 2.93 bits per heavy atom. The van der Waals surface area contributed by atoms with Gasteiger partial charge in [0.15, 0.2) is 0 Å². The summed E-state index contributed by atoms with van der Waals surface area (Å²) in [5.41, 5.74) is 0.989. The molecule has 0 aliphatic heterocycles. The highest BCUT2D eigenvalue weighted by Gasteiger charge is 1.94. The first-order chi connectivity index (χ1) is 6.83. The number of unbranched alkanes of at least 4 members (excludes halogenated alkanes) is 2. The predicted molar refractivity (Wildman–Crippen MR) is 59.8 cm³/mol. The van der Waals surface area contributed by atoms with E-state index < -0.39 is 0 Å². The number of hydrogen-bond donors (Lipinski definition) is 1. The van der Waals surface area contributed by atoms with Gasteiger partial charge in [0, 0.05) is 24.3 Å². The molecule has 0 fully saturated rings. The summed E-state index contributed by atoms with van der Waals surface area (Å²) in [5.74, 6) is 1.47. The van der Waals surface area contributed by atoms with Crippen LogP contribution in [0.15, 0.2) is 12.3 Å². The number of nitrogens with one attached hydrogen (secondary N) is 1. The molecule has 0 atom stereocenters. The van der Waals surface area contributed by atoms with E-state index in [2.05, 4.69) is 15.3 Å². The lowest BCUT2D eigenvalue weighted by Gasteiger charge is -2.03. The van der Waals surface area contributed by atoms with Crippen LogP contribution in [0.4, 0.5) is 5.95 Å². The van der Waals surface area contributed by atoms with Crippen LogP contribution in [0.25, 0.3) is 0 Å². The Morgan fingerprint density at radius 2 is 2.21 bits per heavy atom. The van der Waals surface area contributed by atoms with Crippen LogP contribution in [0.2, 0.25) is 0 Å². The molecule has 0 unspecified atom stereocenters. The fourth-order valence-electron chi connectivity index (χ4n) is 1.13. The molecule has 0 bridgehead atoms. The van der Waals surface area contributed by atoms with Crippen molar-refractivity contribution in [3.8, 4) is 0 Å². The SMILES string of the molecule is Cc1ccnc(NCCCCCCl)n1. The molecule has 78 valence electrons. The highest BCUT2D eigenvalue weighted by molar-refractivity contribution is 6.17. The van der Waals surface area contributed by atoms with Crippen molar-refractivity contribution < 1.29 is 0 Å². The molecule has 1 N–H and O–H groups in total. The van der Waals surface area contributed by atoms with E-state index in [1.807, 2.05) is 13.0 Å². The topological polar surface area (TPSA) is 37.8 Å². The van der Waals surface area contributed by atoms with E-state index in [4.69, 9.17) is 11.6 Å². The zero-order chi connectivity index (χ0) is 10.2. The lowest BCUT2D eigenvalue weighted by Crippen LogP contribution is -2.05. The minimum Gasteiger partial charge on any atom is -0.354 e. The smallest absolute Gasteiger partial charge is 0.222 e. The maximum Gasteiger partial charge on any atom is 0.222 e. The van der Waals surface area contributed by atoms with Crippen LogP contribution >= 0.6 is 11.6 Å². The van der Waals surface area contributed by atoms with Crippen molar-refractivity contribution in [1.82, 2.24) is 9.97 Å². The van der Waals surface area contributed by atoms with Gasteiger partial charge in [0.2, 0.25) is 5.95 Å². The maximum atomic E-state index is 5.57. The lowest BCUT2D eigenvalue weighted by atomic mass is 10.2. The summed E-state index contributed by atoms with van der Waals surface area (Å²) >= 11 is 5.57. The van der Waals surface area contributed by atoms with Gasteiger partial charge >= 0.3 is 0 Å². The van der Waals surface area contributed by atoms with E-state index >= 15 is 0 Å². The van der Waals surface area contributed by atoms with Gasteiger partial charge in [0.25, 0.3) is 0 Å². The minimum atomic E-state index is 0.718. The largest absolute Gasteiger partial charge is 0.354 e. The molecule has 14 heavy (non-hydrogen) atoms. The predicted octanol–water partition coefficient (Wildman–Crippen LogP) is 2.61. The van der Waals surface area contributed by atoms with Gasteiger partial charge in [-0.1, -0.05) is 6.42 Å². The number of halogens is 1.